The van der Waals surface area contributed by atoms with Crippen molar-refractivity contribution in [3.8, 4) is 22.4 Å². The monoisotopic (exact) mass is 415 g/mol. The summed E-state index contributed by atoms with van der Waals surface area (Å²) in [4.78, 5) is 13.8. The number of benzene rings is 2. The molecule has 0 amide bonds. The smallest absolute Gasteiger partial charge is 0.227 e. The second-order valence-corrected chi connectivity index (χ2v) is 8.34. The number of aryl methyl sites for hydroxylation is 3. The summed E-state index contributed by atoms with van der Waals surface area (Å²) in [6.45, 7) is 6.22. The molecule has 0 saturated carbocycles. The van der Waals surface area contributed by atoms with Crippen LogP contribution in [0.3, 0.4) is 0 Å². The summed E-state index contributed by atoms with van der Waals surface area (Å²) in [5.74, 6) is 0. The van der Waals surface area contributed by atoms with Gasteiger partial charge in [-0.1, -0.05) is 18.2 Å². The van der Waals surface area contributed by atoms with Crippen LogP contribution in [0.1, 0.15) is 16.8 Å². The quantitative estimate of drug-likeness (QED) is 0.300. The van der Waals surface area contributed by atoms with Crippen molar-refractivity contribution in [1.29, 1.82) is 0 Å². The van der Waals surface area contributed by atoms with Gasteiger partial charge < -0.3 is 4.42 Å². The first-order valence-corrected chi connectivity index (χ1v) is 10.7. The Labute approximate surface area is 185 Å². The minimum Gasteiger partial charge on any atom is -0.437 e. The number of para-hydroxylation sites is 1. The van der Waals surface area contributed by atoms with Gasteiger partial charge in [0.2, 0.25) is 5.71 Å². The molecule has 0 unspecified atom stereocenters. The summed E-state index contributed by atoms with van der Waals surface area (Å²) in [5, 5.41) is 3.21. The van der Waals surface area contributed by atoms with E-state index in [1.165, 1.54) is 16.7 Å². The lowest BCUT2D eigenvalue weighted by Crippen LogP contribution is -1.93. The zero-order chi connectivity index (χ0) is 21.8. The van der Waals surface area contributed by atoms with Crippen LogP contribution in [0, 0.1) is 20.8 Å². The van der Waals surface area contributed by atoms with Crippen LogP contribution in [0.15, 0.2) is 77.5 Å². The highest BCUT2D eigenvalue weighted by Gasteiger charge is 2.16. The van der Waals surface area contributed by atoms with Crippen molar-refractivity contribution in [2.24, 2.45) is 0 Å². The number of furan rings is 1. The molecule has 0 aliphatic heterocycles. The number of hydrogen-bond donors (Lipinski definition) is 0. The van der Waals surface area contributed by atoms with Crippen LogP contribution in [0.25, 0.3) is 55.4 Å². The molecular weight excluding hydrogens is 394 g/mol. The molecule has 0 saturated heterocycles. The Bertz CT molecular complexity index is 1660. The fourth-order valence-corrected chi connectivity index (χ4v) is 4.45. The fourth-order valence-electron chi connectivity index (χ4n) is 4.45. The predicted octanol–water partition coefficient (Wildman–Crippen LogP) is 7.18. The maximum absolute atomic E-state index is 6.22. The van der Waals surface area contributed by atoms with E-state index in [9.17, 15) is 0 Å². The zero-order valence-corrected chi connectivity index (χ0v) is 18.2. The third kappa shape index (κ3) is 2.88. The Hall–Kier alpha value is -4.05. The molecule has 0 atom stereocenters. The van der Waals surface area contributed by atoms with Crippen molar-refractivity contribution in [3.05, 3.63) is 89.9 Å². The first-order chi connectivity index (χ1) is 15.6. The maximum atomic E-state index is 6.22. The van der Waals surface area contributed by atoms with Crippen LogP contribution in [0.5, 0.6) is 0 Å². The third-order valence-electron chi connectivity index (χ3n) is 6.12. The van der Waals surface area contributed by atoms with Gasteiger partial charge in [0, 0.05) is 39.8 Å². The van der Waals surface area contributed by atoms with Crippen LogP contribution in [-0.2, 0) is 0 Å². The van der Waals surface area contributed by atoms with Crippen LogP contribution >= 0.6 is 0 Å². The summed E-state index contributed by atoms with van der Waals surface area (Å²) in [6.07, 6.45) is 3.78. The molecule has 0 spiro atoms. The Kier molecular flexibility index (Phi) is 4.08. The molecule has 154 valence electrons. The number of rotatable bonds is 2. The van der Waals surface area contributed by atoms with Gasteiger partial charge in [0.1, 0.15) is 5.58 Å². The molecule has 0 aliphatic carbocycles. The average molecular weight is 415 g/mol. The van der Waals surface area contributed by atoms with Crippen molar-refractivity contribution >= 4 is 33.0 Å². The van der Waals surface area contributed by atoms with Crippen molar-refractivity contribution in [1.82, 2.24) is 15.0 Å². The number of pyridine rings is 3. The lowest BCUT2D eigenvalue weighted by atomic mass is 9.94. The first-order valence-electron chi connectivity index (χ1n) is 10.7. The Balaban J connectivity index is 1.58. The molecule has 0 radical (unpaired) electrons. The topological polar surface area (TPSA) is 51.8 Å². The number of aromatic nitrogens is 3. The van der Waals surface area contributed by atoms with Gasteiger partial charge >= 0.3 is 0 Å². The molecule has 4 nitrogen and oxygen atoms in total. The number of hydrogen-bond acceptors (Lipinski definition) is 4. The van der Waals surface area contributed by atoms with Gasteiger partial charge in [0.25, 0.3) is 0 Å². The summed E-state index contributed by atoms with van der Waals surface area (Å²) in [6, 6.07) is 20.9. The molecule has 0 fully saturated rings. The maximum Gasteiger partial charge on any atom is 0.227 e. The van der Waals surface area contributed by atoms with Gasteiger partial charge in [-0.3, -0.25) is 9.97 Å². The van der Waals surface area contributed by atoms with E-state index >= 15 is 0 Å². The van der Waals surface area contributed by atoms with Crippen LogP contribution in [-0.4, -0.2) is 15.0 Å². The summed E-state index contributed by atoms with van der Waals surface area (Å²) in [7, 11) is 0. The largest absolute Gasteiger partial charge is 0.437 e. The molecule has 0 aliphatic rings. The van der Waals surface area contributed by atoms with E-state index in [-0.39, 0.29) is 0 Å². The van der Waals surface area contributed by atoms with Gasteiger partial charge in [-0.05, 0) is 85.5 Å². The van der Waals surface area contributed by atoms with Crippen LogP contribution < -0.4 is 0 Å². The lowest BCUT2D eigenvalue weighted by molar-refractivity contribution is 0.653. The van der Waals surface area contributed by atoms with Gasteiger partial charge in [-0.15, -0.1) is 0 Å². The number of fused-ring (bicyclic) bond motifs is 4. The number of nitrogens with zero attached hydrogens (tertiary/aromatic N) is 3. The Morgan fingerprint density at radius 2 is 1.59 bits per heavy atom. The van der Waals surface area contributed by atoms with E-state index in [1.807, 2.05) is 31.5 Å². The van der Waals surface area contributed by atoms with Crippen molar-refractivity contribution in [3.63, 3.8) is 0 Å². The SMILES string of the molecule is Cc1ccc2c(n1)oc1c(-c3cc(-c4cc5cccnc5cc4C)c(C)cn3)cccc12. The second kappa shape index (κ2) is 6.99. The average Bonchev–Trinajstić information content (AvgIpc) is 3.17. The van der Waals surface area contributed by atoms with Gasteiger partial charge in [-0.25, -0.2) is 4.98 Å². The zero-order valence-electron chi connectivity index (χ0n) is 18.2. The van der Waals surface area contributed by atoms with Crippen molar-refractivity contribution in [2.45, 2.75) is 20.8 Å². The molecule has 2 aromatic carbocycles. The second-order valence-electron chi connectivity index (χ2n) is 8.34. The summed E-state index contributed by atoms with van der Waals surface area (Å²) >= 11 is 0. The normalized spacial score (nSPS) is 11.6. The van der Waals surface area contributed by atoms with E-state index in [0.29, 0.717) is 5.71 Å². The van der Waals surface area contributed by atoms with Crippen molar-refractivity contribution in [2.75, 3.05) is 0 Å². The lowest BCUT2D eigenvalue weighted by Gasteiger charge is -2.13. The van der Waals surface area contributed by atoms with Crippen LogP contribution in [0.2, 0.25) is 0 Å². The molecule has 6 aromatic rings. The van der Waals surface area contributed by atoms with E-state index in [1.54, 1.807) is 0 Å². The molecule has 0 N–H and O–H groups in total. The summed E-state index contributed by atoms with van der Waals surface area (Å²) < 4.78 is 6.22. The van der Waals surface area contributed by atoms with Gasteiger partial charge in [0.05, 0.1) is 11.2 Å². The fraction of sp³-hybridized carbons (Fsp3) is 0.107. The van der Waals surface area contributed by atoms with Gasteiger partial charge in [-0.2, -0.15) is 0 Å². The van der Waals surface area contributed by atoms with E-state index in [4.69, 9.17) is 9.40 Å². The molecular formula is C28H21N3O. The van der Waals surface area contributed by atoms with Crippen LogP contribution in [0.4, 0.5) is 0 Å². The highest BCUT2D eigenvalue weighted by atomic mass is 16.3. The first kappa shape index (κ1) is 18.7. The van der Waals surface area contributed by atoms with E-state index < -0.39 is 0 Å². The third-order valence-corrected chi connectivity index (χ3v) is 6.12. The van der Waals surface area contributed by atoms with Gasteiger partial charge in [0.15, 0.2) is 0 Å². The molecule has 4 heteroatoms. The minimum atomic E-state index is 0.664. The molecule has 6 rings (SSSR count). The summed E-state index contributed by atoms with van der Waals surface area (Å²) in [5.41, 5.74) is 9.98. The minimum absolute atomic E-state index is 0.664. The Morgan fingerprint density at radius 3 is 2.50 bits per heavy atom. The standard InChI is InChI=1S/C28H21N3O/c1-16-12-25-19(6-5-11-29-25)13-23(16)24-14-26(30-15-17(24)2)22-8-4-7-20-21-10-9-18(3)31-28(21)32-27(20)22/h4-15H,1-3H3. The highest BCUT2D eigenvalue weighted by molar-refractivity contribution is 6.08. The van der Waals surface area contributed by atoms with Crippen molar-refractivity contribution < 1.29 is 4.42 Å². The highest BCUT2D eigenvalue weighted by Crippen LogP contribution is 2.37. The Morgan fingerprint density at radius 1 is 0.719 bits per heavy atom. The molecule has 4 heterocycles. The van der Waals surface area contributed by atoms with E-state index in [0.717, 1.165) is 49.8 Å². The molecule has 32 heavy (non-hydrogen) atoms. The van der Waals surface area contributed by atoms with E-state index in [2.05, 4.69) is 72.3 Å². The molecule has 4 aromatic heterocycles. The predicted molar refractivity (Wildman–Crippen MR) is 130 cm³/mol. The molecule has 0 bridgehead atoms.